The first-order valence-corrected chi connectivity index (χ1v) is 8.15. The van der Waals surface area contributed by atoms with E-state index in [1.54, 1.807) is 18.2 Å². The Labute approximate surface area is 144 Å². The summed E-state index contributed by atoms with van der Waals surface area (Å²) in [6, 6.07) is 10.7. The lowest BCUT2D eigenvalue weighted by molar-refractivity contribution is -0.115. The van der Waals surface area contributed by atoms with E-state index < -0.39 is 5.97 Å². The number of ketones is 1. The Balaban J connectivity index is 1.94. The van der Waals surface area contributed by atoms with Crippen LogP contribution in [0.25, 0.3) is 22.1 Å². The van der Waals surface area contributed by atoms with Gasteiger partial charge in [0.25, 0.3) is 0 Å². The van der Waals surface area contributed by atoms with Crippen LogP contribution in [-0.2, 0) is 4.79 Å². The van der Waals surface area contributed by atoms with Gasteiger partial charge in [-0.15, -0.1) is 0 Å². The third-order valence-corrected chi connectivity index (χ3v) is 4.62. The van der Waals surface area contributed by atoms with Crippen molar-refractivity contribution in [2.45, 2.75) is 25.7 Å². The molecule has 124 valence electrons. The second kappa shape index (κ2) is 5.77. The highest BCUT2D eigenvalue weighted by Crippen LogP contribution is 2.35. The number of rotatable bonds is 2. The number of nitrogens with zero attached hydrogens (tertiary/aromatic N) is 2. The third-order valence-electron chi connectivity index (χ3n) is 4.62. The van der Waals surface area contributed by atoms with Crippen molar-refractivity contribution in [2.24, 2.45) is 0 Å². The van der Waals surface area contributed by atoms with Crippen molar-refractivity contribution < 1.29 is 14.7 Å². The normalized spacial score (nSPS) is 17.7. The highest BCUT2D eigenvalue weighted by molar-refractivity contribution is 6.03. The molecule has 25 heavy (non-hydrogen) atoms. The van der Waals surface area contributed by atoms with Crippen molar-refractivity contribution in [2.75, 3.05) is 0 Å². The van der Waals surface area contributed by atoms with Crippen LogP contribution in [0.2, 0.25) is 0 Å². The number of carbonyl (C=O) groups is 2. The summed E-state index contributed by atoms with van der Waals surface area (Å²) >= 11 is 0. The zero-order chi connectivity index (χ0) is 17.6. The van der Waals surface area contributed by atoms with Crippen LogP contribution in [0, 0.1) is 0 Å². The number of carboxylic acid groups (broad SMARTS) is 1. The molecular weight excluding hydrogens is 316 g/mol. The Hall–Kier alpha value is -3.08. The number of hydrogen-bond donors (Lipinski definition) is 1. The van der Waals surface area contributed by atoms with Gasteiger partial charge >= 0.3 is 5.97 Å². The Morgan fingerprint density at radius 1 is 1.04 bits per heavy atom. The van der Waals surface area contributed by atoms with Gasteiger partial charge in [0.15, 0.2) is 5.78 Å². The van der Waals surface area contributed by atoms with Gasteiger partial charge < -0.3 is 5.11 Å². The molecule has 4 rings (SSSR count). The summed E-state index contributed by atoms with van der Waals surface area (Å²) in [7, 11) is 0. The van der Waals surface area contributed by atoms with Crippen molar-refractivity contribution in [3.63, 3.8) is 0 Å². The molecule has 1 atom stereocenters. The van der Waals surface area contributed by atoms with Crippen molar-refractivity contribution in [3.05, 3.63) is 59.2 Å². The maximum absolute atomic E-state index is 11.9. The predicted octanol–water partition coefficient (Wildman–Crippen LogP) is 3.87. The number of allylic oxidation sites excluding steroid dienone is 2. The maximum atomic E-state index is 11.9. The molecule has 1 aliphatic carbocycles. The van der Waals surface area contributed by atoms with E-state index in [-0.39, 0.29) is 17.3 Å². The average molecular weight is 332 g/mol. The Bertz CT molecular complexity index is 1070. The second-order valence-corrected chi connectivity index (χ2v) is 6.48. The van der Waals surface area contributed by atoms with Gasteiger partial charge in [-0.25, -0.2) is 14.8 Å². The molecule has 1 N–H and O–H groups in total. The van der Waals surface area contributed by atoms with Crippen LogP contribution in [0.1, 0.15) is 41.6 Å². The smallest absolute Gasteiger partial charge is 0.337 e. The van der Waals surface area contributed by atoms with Crippen LogP contribution in [0.4, 0.5) is 0 Å². The number of carbonyl (C=O) groups excluding carboxylic acids is 1. The lowest BCUT2D eigenvalue weighted by Crippen LogP contribution is -2.12. The molecule has 0 saturated carbocycles. The number of benzene rings is 2. The van der Waals surface area contributed by atoms with Crippen LogP contribution in [0.3, 0.4) is 0 Å². The third kappa shape index (κ3) is 2.67. The van der Waals surface area contributed by atoms with Gasteiger partial charge in [-0.3, -0.25) is 4.79 Å². The summed E-state index contributed by atoms with van der Waals surface area (Å²) < 4.78 is 0. The van der Waals surface area contributed by atoms with Crippen molar-refractivity contribution in [1.82, 2.24) is 9.97 Å². The number of para-hydroxylation sites is 2. The quantitative estimate of drug-likeness (QED) is 0.721. The lowest BCUT2D eigenvalue weighted by Gasteiger charge is -2.21. The first-order chi connectivity index (χ1) is 12.0. The molecule has 5 nitrogen and oxygen atoms in total. The second-order valence-electron chi connectivity index (χ2n) is 6.48. The van der Waals surface area contributed by atoms with Gasteiger partial charge in [0.05, 0.1) is 22.1 Å². The van der Waals surface area contributed by atoms with E-state index in [4.69, 9.17) is 0 Å². The summed E-state index contributed by atoms with van der Waals surface area (Å²) in [5, 5.41) is 9.36. The number of aromatic nitrogens is 2. The molecule has 0 spiro atoms. The minimum absolute atomic E-state index is 0.0793. The topological polar surface area (TPSA) is 80.2 Å². The molecular formula is C20H16N2O3. The van der Waals surface area contributed by atoms with E-state index in [0.717, 1.165) is 23.1 Å². The summed E-state index contributed by atoms with van der Waals surface area (Å²) in [6.07, 6.45) is 2.99. The molecule has 0 fully saturated rings. The van der Waals surface area contributed by atoms with Crippen LogP contribution >= 0.6 is 0 Å². The highest BCUT2D eigenvalue weighted by Gasteiger charge is 2.23. The number of carboxylic acids is 1. The van der Waals surface area contributed by atoms with Gasteiger partial charge in [0.2, 0.25) is 0 Å². The van der Waals surface area contributed by atoms with Gasteiger partial charge in [-0.1, -0.05) is 23.8 Å². The Morgan fingerprint density at radius 3 is 2.44 bits per heavy atom. The van der Waals surface area contributed by atoms with E-state index in [9.17, 15) is 14.7 Å². The molecule has 0 bridgehead atoms. The molecule has 1 heterocycles. The zero-order valence-electron chi connectivity index (χ0n) is 13.7. The van der Waals surface area contributed by atoms with Crippen LogP contribution in [-0.4, -0.2) is 26.8 Å². The molecule has 0 aliphatic heterocycles. The Morgan fingerprint density at radius 2 is 1.72 bits per heavy atom. The molecule has 0 radical (unpaired) electrons. The fourth-order valence-electron chi connectivity index (χ4n) is 3.56. The van der Waals surface area contributed by atoms with Gasteiger partial charge in [0, 0.05) is 6.42 Å². The van der Waals surface area contributed by atoms with E-state index in [2.05, 4.69) is 9.97 Å². The fraction of sp³-hybridized carbons (Fsp3) is 0.200. The molecule has 1 unspecified atom stereocenters. The standard InChI is InChI=1S/C20H16N2O3/c1-11-8-12(10-13(23)9-11)14-4-2-6-16-18(14)21-17-7-3-5-15(20(24)25)19(17)22-16/h2-7,9,12H,8,10H2,1H3,(H,24,25). The first-order valence-electron chi connectivity index (χ1n) is 8.15. The molecule has 1 aromatic heterocycles. The molecule has 2 aromatic carbocycles. The molecule has 3 aromatic rings. The monoisotopic (exact) mass is 332 g/mol. The molecule has 1 aliphatic rings. The van der Waals surface area contributed by atoms with Gasteiger partial charge in [0.1, 0.15) is 5.52 Å². The Kier molecular flexibility index (Phi) is 3.57. The largest absolute Gasteiger partial charge is 0.478 e. The van der Waals surface area contributed by atoms with Crippen LogP contribution < -0.4 is 0 Å². The minimum atomic E-state index is -1.02. The highest BCUT2D eigenvalue weighted by atomic mass is 16.4. The van der Waals surface area contributed by atoms with Crippen LogP contribution in [0.5, 0.6) is 0 Å². The van der Waals surface area contributed by atoms with Crippen LogP contribution in [0.15, 0.2) is 48.0 Å². The lowest BCUT2D eigenvalue weighted by atomic mass is 9.83. The van der Waals surface area contributed by atoms with Gasteiger partial charge in [-0.2, -0.15) is 0 Å². The number of aromatic carboxylic acids is 1. The van der Waals surface area contributed by atoms with E-state index >= 15 is 0 Å². The van der Waals surface area contributed by atoms with E-state index in [1.807, 2.05) is 25.1 Å². The summed E-state index contributed by atoms with van der Waals surface area (Å²) in [6.45, 7) is 1.97. The average Bonchev–Trinajstić information content (AvgIpc) is 2.57. The fourth-order valence-corrected chi connectivity index (χ4v) is 3.56. The molecule has 0 saturated heterocycles. The number of fused-ring (bicyclic) bond motifs is 2. The van der Waals surface area contributed by atoms with Crippen molar-refractivity contribution in [3.8, 4) is 0 Å². The summed E-state index contributed by atoms with van der Waals surface area (Å²) in [5.74, 6) is -0.808. The summed E-state index contributed by atoms with van der Waals surface area (Å²) in [5.41, 5.74) is 4.53. The molecule has 5 heteroatoms. The van der Waals surface area contributed by atoms with Crippen molar-refractivity contribution >= 4 is 33.8 Å². The first kappa shape index (κ1) is 15.4. The van der Waals surface area contributed by atoms with Gasteiger partial charge in [-0.05, 0) is 49.1 Å². The SMILES string of the molecule is CC1=CC(=O)CC(c2cccc3nc4c(C(=O)O)cccc4nc23)C1. The zero-order valence-corrected chi connectivity index (χ0v) is 13.7. The molecule has 0 amide bonds. The van der Waals surface area contributed by atoms with E-state index in [0.29, 0.717) is 23.0 Å². The summed E-state index contributed by atoms with van der Waals surface area (Å²) in [4.78, 5) is 32.6. The van der Waals surface area contributed by atoms with E-state index in [1.165, 1.54) is 6.07 Å². The van der Waals surface area contributed by atoms with Crippen molar-refractivity contribution in [1.29, 1.82) is 0 Å². The maximum Gasteiger partial charge on any atom is 0.337 e. The predicted molar refractivity (Wildman–Crippen MR) is 94.7 cm³/mol. The minimum Gasteiger partial charge on any atom is -0.478 e. The number of hydrogen-bond acceptors (Lipinski definition) is 4.